The lowest BCUT2D eigenvalue weighted by atomic mass is 9.97. The number of methoxy groups -OCH3 is 1. The van der Waals surface area contributed by atoms with E-state index in [1.165, 1.54) is 62.3 Å². The van der Waals surface area contributed by atoms with E-state index in [0.29, 0.717) is 10.6 Å². The molecule has 0 saturated carbocycles. The van der Waals surface area contributed by atoms with Gasteiger partial charge in [0.1, 0.15) is 10.8 Å². The normalized spacial score (nSPS) is 15.4. The van der Waals surface area contributed by atoms with Gasteiger partial charge in [0.15, 0.2) is 0 Å². The molecule has 162 valence electrons. The highest BCUT2D eigenvalue weighted by Gasteiger charge is 2.26. The summed E-state index contributed by atoms with van der Waals surface area (Å²) in [6.07, 6.45) is 10.9. The van der Waals surface area contributed by atoms with Crippen molar-refractivity contribution >= 4 is 39.8 Å². The number of rotatable bonds is 3. The molecule has 1 N–H and O–H groups in total. The number of nitrogens with one attached hydrogen (secondary N) is 1. The van der Waals surface area contributed by atoms with Crippen molar-refractivity contribution in [1.29, 1.82) is 0 Å². The van der Waals surface area contributed by atoms with Crippen LogP contribution in [0.4, 0.5) is 9.39 Å². The molecule has 0 saturated heterocycles. The fourth-order valence-electron chi connectivity index (χ4n) is 3.91. The molecule has 1 aliphatic carbocycles. The third-order valence-corrected chi connectivity index (χ3v) is 7.00. The van der Waals surface area contributed by atoms with E-state index in [-0.39, 0.29) is 10.6 Å². The molecule has 2 aromatic rings. The molecule has 0 aliphatic heterocycles. The van der Waals surface area contributed by atoms with Crippen LogP contribution in [0.5, 0.6) is 0 Å². The smallest absolute Gasteiger partial charge is 0.341 e. The van der Waals surface area contributed by atoms with Gasteiger partial charge in [0.25, 0.3) is 5.91 Å². The third-order valence-electron chi connectivity index (χ3n) is 5.48. The maximum Gasteiger partial charge on any atom is 0.341 e. The number of carbonyl (C=O) groups is 2. The Balaban J connectivity index is 1.95. The first-order valence-corrected chi connectivity index (χ1v) is 11.7. The SMILES string of the molecule is COC(=O)c1c(NC(=O)c2c(F)cccc2Cl)sc2c1CCCCCCCCCC2. The van der Waals surface area contributed by atoms with Crippen molar-refractivity contribution < 1.29 is 18.7 Å². The minimum atomic E-state index is -0.699. The summed E-state index contributed by atoms with van der Waals surface area (Å²) in [5.41, 5.74) is 1.13. The molecule has 7 heteroatoms. The lowest BCUT2D eigenvalue weighted by molar-refractivity contribution is 0.0601. The predicted octanol–water partition coefficient (Wildman–Crippen LogP) is 6.80. The van der Waals surface area contributed by atoms with E-state index < -0.39 is 17.7 Å². The van der Waals surface area contributed by atoms with Gasteiger partial charge in [0.2, 0.25) is 0 Å². The van der Waals surface area contributed by atoms with Gasteiger partial charge in [-0.2, -0.15) is 0 Å². The Morgan fingerprint density at radius 2 is 1.63 bits per heavy atom. The quantitative estimate of drug-likeness (QED) is 0.522. The Bertz CT molecular complexity index is 892. The van der Waals surface area contributed by atoms with Crippen molar-refractivity contribution in [2.24, 2.45) is 0 Å². The highest BCUT2D eigenvalue weighted by atomic mass is 35.5. The van der Waals surface area contributed by atoms with Crippen molar-refractivity contribution in [2.45, 2.75) is 64.2 Å². The molecule has 30 heavy (non-hydrogen) atoms. The van der Waals surface area contributed by atoms with Crippen molar-refractivity contribution in [3.8, 4) is 0 Å². The summed E-state index contributed by atoms with van der Waals surface area (Å²) in [4.78, 5) is 26.5. The van der Waals surface area contributed by atoms with Crippen LogP contribution in [0, 0.1) is 5.82 Å². The molecule has 4 nitrogen and oxygen atoms in total. The predicted molar refractivity (Wildman–Crippen MR) is 119 cm³/mol. The van der Waals surface area contributed by atoms with Crippen LogP contribution in [0.2, 0.25) is 5.02 Å². The van der Waals surface area contributed by atoms with Gasteiger partial charge in [-0.05, 0) is 43.4 Å². The van der Waals surface area contributed by atoms with Gasteiger partial charge in [-0.3, -0.25) is 4.79 Å². The van der Waals surface area contributed by atoms with Gasteiger partial charge < -0.3 is 10.1 Å². The summed E-state index contributed by atoms with van der Waals surface area (Å²) in [7, 11) is 1.33. The number of fused-ring (bicyclic) bond motifs is 1. The largest absolute Gasteiger partial charge is 0.465 e. The average Bonchev–Trinajstić information content (AvgIpc) is 3.04. The molecule has 0 fully saturated rings. The van der Waals surface area contributed by atoms with E-state index in [4.69, 9.17) is 16.3 Å². The highest BCUT2D eigenvalue weighted by molar-refractivity contribution is 7.17. The van der Waals surface area contributed by atoms with Crippen molar-refractivity contribution in [2.75, 3.05) is 12.4 Å². The van der Waals surface area contributed by atoms with Crippen molar-refractivity contribution in [3.63, 3.8) is 0 Å². The second-order valence-corrected chi connectivity index (χ2v) is 9.09. The lowest BCUT2D eigenvalue weighted by Crippen LogP contribution is -2.16. The maximum absolute atomic E-state index is 14.2. The summed E-state index contributed by atoms with van der Waals surface area (Å²) >= 11 is 7.44. The van der Waals surface area contributed by atoms with E-state index in [9.17, 15) is 14.0 Å². The monoisotopic (exact) mass is 451 g/mol. The molecule has 1 amide bonds. The van der Waals surface area contributed by atoms with Crippen LogP contribution in [-0.2, 0) is 17.6 Å². The van der Waals surface area contributed by atoms with Gasteiger partial charge in [-0.25, -0.2) is 9.18 Å². The fourth-order valence-corrected chi connectivity index (χ4v) is 5.43. The molecule has 0 atom stereocenters. The zero-order valence-electron chi connectivity index (χ0n) is 17.2. The Labute approximate surface area is 185 Å². The summed E-state index contributed by atoms with van der Waals surface area (Å²) in [6.45, 7) is 0. The van der Waals surface area contributed by atoms with Crippen LogP contribution in [0.25, 0.3) is 0 Å². The molecule has 0 spiro atoms. The highest BCUT2D eigenvalue weighted by Crippen LogP contribution is 2.37. The number of thiophene rings is 1. The number of hydrogen-bond donors (Lipinski definition) is 1. The number of amides is 1. The van der Waals surface area contributed by atoms with E-state index in [1.807, 2.05) is 0 Å². The molecule has 0 radical (unpaired) electrons. The molecule has 3 rings (SSSR count). The van der Waals surface area contributed by atoms with Crippen LogP contribution in [-0.4, -0.2) is 19.0 Å². The first-order valence-electron chi connectivity index (χ1n) is 10.5. The Morgan fingerprint density at radius 3 is 2.27 bits per heavy atom. The average molecular weight is 452 g/mol. The summed E-state index contributed by atoms with van der Waals surface area (Å²) in [6, 6.07) is 4.10. The minimum absolute atomic E-state index is 0.0301. The maximum atomic E-state index is 14.2. The molecular formula is C23H27ClFNO3S. The zero-order valence-corrected chi connectivity index (χ0v) is 18.8. The minimum Gasteiger partial charge on any atom is -0.465 e. The number of ether oxygens (including phenoxy) is 1. The second kappa shape index (κ2) is 10.9. The zero-order chi connectivity index (χ0) is 21.5. The number of carbonyl (C=O) groups excluding carboxylic acids is 2. The standard InChI is InChI=1S/C23H27ClFNO3S/c1-29-23(28)19-15-11-8-6-4-2-3-5-7-9-14-18(15)30-22(19)26-21(27)20-16(24)12-10-13-17(20)25/h10,12-13H,2-9,11,14H2,1H3,(H,26,27). The number of aryl methyl sites for hydroxylation is 1. The molecule has 1 heterocycles. The number of anilines is 1. The fraction of sp³-hybridized carbons (Fsp3) is 0.478. The van der Waals surface area contributed by atoms with Crippen LogP contribution >= 0.6 is 22.9 Å². The third kappa shape index (κ3) is 5.41. The van der Waals surface area contributed by atoms with Crippen LogP contribution in [0.1, 0.15) is 82.5 Å². The first kappa shape index (κ1) is 22.8. The summed E-state index contributed by atoms with van der Waals surface area (Å²) < 4.78 is 19.2. The topological polar surface area (TPSA) is 55.4 Å². The van der Waals surface area contributed by atoms with Gasteiger partial charge >= 0.3 is 5.97 Å². The lowest BCUT2D eigenvalue weighted by Gasteiger charge is -2.10. The van der Waals surface area contributed by atoms with Gasteiger partial charge in [-0.1, -0.05) is 56.2 Å². The van der Waals surface area contributed by atoms with Crippen LogP contribution in [0.15, 0.2) is 18.2 Å². The molecule has 1 aromatic heterocycles. The van der Waals surface area contributed by atoms with E-state index in [1.54, 1.807) is 0 Å². The van der Waals surface area contributed by atoms with Crippen molar-refractivity contribution in [3.05, 3.63) is 50.6 Å². The summed E-state index contributed by atoms with van der Waals surface area (Å²) in [5.74, 6) is -1.84. The van der Waals surface area contributed by atoms with E-state index in [0.717, 1.165) is 49.0 Å². The number of halogens is 2. The van der Waals surface area contributed by atoms with Crippen molar-refractivity contribution in [1.82, 2.24) is 0 Å². The number of hydrogen-bond acceptors (Lipinski definition) is 4. The van der Waals surface area contributed by atoms with E-state index >= 15 is 0 Å². The van der Waals surface area contributed by atoms with Gasteiger partial charge in [0, 0.05) is 4.88 Å². The van der Waals surface area contributed by atoms with Gasteiger partial charge in [0.05, 0.1) is 23.3 Å². The van der Waals surface area contributed by atoms with Crippen LogP contribution < -0.4 is 5.32 Å². The summed E-state index contributed by atoms with van der Waals surface area (Å²) in [5, 5.41) is 3.17. The Kier molecular flexibility index (Phi) is 8.28. The number of benzene rings is 1. The Morgan fingerprint density at radius 1 is 1.00 bits per heavy atom. The molecule has 0 bridgehead atoms. The number of esters is 1. The second-order valence-electron chi connectivity index (χ2n) is 7.58. The molecule has 1 aromatic carbocycles. The first-order chi connectivity index (χ1) is 14.5. The van der Waals surface area contributed by atoms with Crippen LogP contribution in [0.3, 0.4) is 0 Å². The molecular weight excluding hydrogens is 425 g/mol. The Hall–Kier alpha value is -1.92. The van der Waals surface area contributed by atoms with Gasteiger partial charge in [-0.15, -0.1) is 11.3 Å². The van der Waals surface area contributed by atoms with E-state index in [2.05, 4.69) is 5.32 Å². The molecule has 1 aliphatic rings. The molecule has 0 unspecified atom stereocenters.